The molecule has 2 amide bonds. The number of ether oxygens (including phenoxy) is 1. The van der Waals surface area contributed by atoms with E-state index in [1.807, 2.05) is 4.90 Å². The van der Waals surface area contributed by atoms with Gasteiger partial charge in [0.05, 0.1) is 7.11 Å². The number of carbonyl (C=O) groups excluding carboxylic acids is 3. The zero-order valence-corrected chi connectivity index (χ0v) is 13.3. The Morgan fingerprint density at radius 3 is 2.22 bits per heavy atom. The molecule has 0 aromatic heterocycles. The fourth-order valence-corrected chi connectivity index (χ4v) is 2.56. The van der Waals surface area contributed by atoms with E-state index in [-0.39, 0.29) is 12.3 Å². The third kappa shape index (κ3) is 5.09. The van der Waals surface area contributed by atoms with E-state index in [2.05, 4.69) is 10.1 Å². The summed E-state index contributed by atoms with van der Waals surface area (Å²) in [6.07, 6.45) is 4.12. The maximum atomic E-state index is 12.4. The third-order valence-electron chi connectivity index (χ3n) is 3.84. The number of rotatable bonds is 4. The molecule has 1 aromatic rings. The van der Waals surface area contributed by atoms with Crippen molar-refractivity contribution in [1.29, 1.82) is 0 Å². The molecule has 1 aromatic carbocycles. The molecule has 6 nitrogen and oxygen atoms in total. The van der Waals surface area contributed by atoms with E-state index >= 15 is 0 Å². The van der Waals surface area contributed by atoms with Crippen LogP contribution in [0.3, 0.4) is 0 Å². The van der Waals surface area contributed by atoms with E-state index in [4.69, 9.17) is 0 Å². The van der Waals surface area contributed by atoms with Gasteiger partial charge >= 0.3 is 5.97 Å². The molecule has 0 aliphatic carbocycles. The summed E-state index contributed by atoms with van der Waals surface area (Å²) in [5, 5.41) is 2.60. The molecule has 6 heteroatoms. The standard InChI is InChI=1S/C17H22N2O4/c1-23-16(21)12-15(20)18-14-8-6-13(7-9-14)17(22)19-10-4-2-3-5-11-19/h6-9H,2-5,10-12H2,1H3,(H,18,20). The van der Waals surface area contributed by atoms with Crippen LogP contribution in [0.2, 0.25) is 0 Å². The van der Waals surface area contributed by atoms with Gasteiger partial charge in [-0.1, -0.05) is 12.8 Å². The lowest BCUT2D eigenvalue weighted by Crippen LogP contribution is -2.31. The summed E-state index contributed by atoms with van der Waals surface area (Å²) < 4.78 is 4.44. The van der Waals surface area contributed by atoms with Gasteiger partial charge in [0.2, 0.25) is 5.91 Å². The second-order valence-corrected chi connectivity index (χ2v) is 5.58. The normalized spacial score (nSPS) is 14.7. The molecule has 0 atom stereocenters. The van der Waals surface area contributed by atoms with Gasteiger partial charge in [-0.05, 0) is 37.1 Å². The molecule has 0 bridgehead atoms. The minimum atomic E-state index is -0.588. The molecule has 1 saturated heterocycles. The molecule has 1 aliphatic heterocycles. The zero-order chi connectivity index (χ0) is 16.7. The molecule has 1 heterocycles. The van der Waals surface area contributed by atoms with E-state index in [1.54, 1.807) is 24.3 Å². The molecule has 0 radical (unpaired) electrons. The Balaban J connectivity index is 1.94. The largest absolute Gasteiger partial charge is 0.469 e. The first-order valence-corrected chi connectivity index (χ1v) is 7.86. The van der Waals surface area contributed by atoms with Gasteiger partial charge in [-0.2, -0.15) is 0 Å². The highest BCUT2D eigenvalue weighted by Gasteiger charge is 2.17. The molecular formula is C17H22N2O4. The Morgan fingerprint density at radius 1 is 1.04 bits per heavy atom. The van der Waals surface area contributed by atoms with Crippen LogP contribution in [0.25, 0.3) is 0 Å². The third-order valence-corrected chi connectivity index (χ3v) is 3.84. The molecule has 0 unspecified atom stereocenters. The topological polar surface area (TPSA) is 75.7 Å². The molecular weight excluding hydrogens is 296 g/mol. The fourth-order valence-electron chi connectivity index (χ4n) is 2.56. The van der Waals surface area contributed by atoms with Crippen molar-refractivity contribution in [2.24, 2.45) is 0 Å². The number of anilines is 1. The average Bonchev–Trinajstić information content (AvgIpc) is 2.84. The van der Waals surface area contributed by atoms with Crippen LogP contribution in [0.4, 0.5) is 5.69 Å². The number of hydrogen-bond donors (Lipinski definition) is 1. The van der Waals surface area contributed by atoms with Gasteiger partial charge in [-0.25, -0.2) is 0 Å². The van der Waals surface area contributed by atoms with Crippen LogP contribution in [0.1, 0.15) is 42.5 Å². The maximum absolute atomic E-state index is 12.4. The van der Waals surface area contributed by atoms with E-state index < -0.39 is 11.9 Å². The number of nitrogens with zero attached hydrogens (tertiary/aromatic N) is 1. The molecule has 23 heavy (non-hydrogen) atoms. The highest BCUT2D eigenvalue weighted by molar-refractivity contribution is 6.02. The van der Waals surface area contributed by atoms with Crippen LogP contribution in [0.5, 0.6) is 0 Å². The number of carbonyl (C=O) groups is 3. The van der Waals surface area contributed by atoms with Gasteiger partial charge in [-0.15, -0.1) is 0 Å². The molecule has 0 spiro atoms. The lowest BCUT2D eigenvalue weighted by Gasteiger charge is -2.20. The summed E-state index contributed by atoms with van der Waals surface area (Å²) >= 11 is 0. The zero-order valence-electron chi connectivity index (χ0n) is 13.3. The number of methoxy groups -OCH3 is 1. The Hall–Kier alpha value is -2.37. The molecule has 1 N–H and O–H groups in total. The van der Waals surface area contributed by atoms with E-state index in [0.29, 0.717) is 11.3 Å². The maximum Gasteiger partial charge on any atom is 0.315 e. The predicted molar refractivity (Wildman–Crippen MR) is 86.1 cm³/mol. The van der Waals surface area contributed by atoms with Gasteiger partial charge in [-0.3, -0.25) is 14.4 Å². The first kappa shape index (κ1) is 17.0. The first-order valence-electron chi connectivity index (χ1n) is 7.86. The predicted octanol–water partition coefficient (Wildman–Crippen LogP) is 2.20. The van der Waals surface area contributed by atoms with E-state index in [1.165, 1.54) is 20.0 Å². The minimum absolute atomic E-state index is 0.0272. The lowest BCUT2D eigenvalue weighted by molar-refractivity contribution is -0.142. The molecule has 0 saturated carbocycles. The summed E-state index contributed by atoms with van der Waals surface area (Å²) in [7, 11) is 1.23. The second kappa shape index (κ2) is 8.31. The quantitative estimate of drug-likeness (QED) is 0.682. The minimum Gasteiger partial charge on any atom is -0.469 e. The lowest BCUT2D eigenvalue weighted by atomic mass is 10.1. The van der Waals surface area contributed by atoms with Crippen molar-refractivity contribution in [3.63, 3.8) is 0 Å². The van der Waals surface area contributed by atoms with Crippen LogP contribution in [-0.2, 0) is 14.3 Å². The van der Waals surface area contributed by atoms with Crippen LogP contribution < -0.4 is 5.32 Å². The number of hydrogen-bond acceptors (Lipinski definition) is 4. The Bertz CT molecular complexity index is 560. The summed E-state index contributed by atoms with van der Waals surface area (Å²) in [4.78, 5) is 37.0. The van der Waals surface area contributed by atoms with Crippen molar-refractivity contribution in [1.82, 2.24) is 4.90 Å². The van der Waals surface area contributed by atoms with Crippen molar-refractivity contribution in [2.75, 3.05) is 25.5 Å². The Kier molecular flexibility index (Phi) is 6.14. The van der Waals surface area contributed by atoms with Crippen LogP contribution in [-0.4, -0.2) is 42.9 Å². The monoisotopic (exact) mass is 318 g/mol. The highest BCUT2D eigenvalue weighted by atomic mass is 16.5. The SMILES string of the molecule is COC(=O)CC(=O)Nc1ccc(C(=O)N2CCCCCC2)cc1. The van der Waals surface area contributed by atoms with Crippen molar-refractivity contribution in [3.05, 3.63) is 29.8 Å². The Labute approximate surface area is 135 Å². The fraction of sp³-hybridized carbons (Fsp3) is 0.471. The second-order valence-electron chi connectivity index (χ2n) is 5.58. The van der Waals surface area contributed by atoms with E-state index in [9.17, 15) is 14.4 Å². The van der Waals surface area contributed by atoms with E-state index in [0.717, 1.165) is 25.9 Å². The van der Waals surface area contributed by atoms with Crippen LogP contribution in [0, 0.1) is 0 Å². The van der Waals surface area contributed by atoms with Crippen molar-refractivity contribution in [2.45, 2.75) is 32.1 Å². The number of esters is 1. The summed E-state index contributed by atoms with van der Waals surface area (Å²) in [6, 6.07) is 6.72. The van der Waals surface area contributed by atoms with Crippen LogP contribution in [0.15, 0.2) is 24.3 Å². The van der Waals surface area contributed by atoms with Crippen molar-refractivity contribution in [3.8, 4) is 0 Å². The van der Waals surface area contributed by atoms with Gasteiger partial charge in [0.25, 0.3) is 5.91 Å². The number of likely N-dealkylation sites (tertiary alicyclic amines) is 1. The van der Waals surface area contributed by atoms with Crippen molar-refractivity contribution >= 4 is 23.5 Å². The summed E-state index contributed by atoms with van der Waals surface area (Å²) in [5.74, 6) is -1.00. The Morgan fingerprint density at radius 2 is 1.65 bits per heavy atom. The smallest absolute Gasteiger partial charge is 0.315 e. The van der Waals surface area contributed by atoms with Gasteiger partial charge in [0, 0.05) is 24.3 Å². The summed E-state index contributed by atoms with van der Waals surface area (Å²) in [6.45, 7) is 1.60. The first-order chi connectivity index (χ1) is 11.1. The average molecular weight is 318 g/mol. The van der Waals surface area contributed by atoms with Gasteiger partial charge in [0.15, 0.2) is 0 Å². The van der Waals surface area contributed by atoms with Gasteiger partial charge < -0.3 is 15.0 Å². The molecule has 1 fully saturated rings. The number of benzene rings is 1. The molecule has 1 aliphatic rings. The highest BCUT2D eigenvalue weighted by Crippen LogP contribution is 2.15. The van der Waals surface area contributed by atoms with Crippen LogP contribution >= 0.6 is 0 Å². The molecule has 124 valence electrons. The molecule has 2 rings (SSSR count). The van der Waals surface area contributed by atoms with Gasteiger partial charge in [0.1, 0.15) is 6.42 Å². The van der Waals surface area contributed by atoms with Crippen molar-refractivity contribution < 1.29 is 19.1 Å². The number of amides is 2. The number of nitrogens with one attached hydrogen (secondary N) is 1. The summed E-state index contributed by atoms with van der Waals surface area (Å²) in [5.41, 5.74) is 1.16.